The van der Waals surface area contributed by atoms with Crippen molar-refractivity contribution in [3.8, 4) is 0 Å². The minimum atomic E-state index is 0.00270. The number of rotatable bonds is 5. The van der Waals surface area contributed by atoms with Crippen LogP contribution in [0.2, 0.25) is 0 Å². The number of carbonyl (C=O) groups excluding carboxylic acids is 2. The van der Waals surface area contributed by atoms with Crippen molar-refractivity contribution in [3.63, 3.8) is 0 Å². The third-order valence-electron chi connectivity index (χ3n) is 5.58. The summed E-state index contributed by atoms with van der Waals surface area (Å²) in [7, 11) is 2.15. The van der Waals surface area contributed by atoms with E-state index in [0.717, 1.165) is 38.3 Å². The maximum atomic E-state index is 12.6. The lowest BCUT2D eigenvalue weighted by molar-refractivity contribution is -0.137. The fourth-order valence-corrected chi connectivity index (χ4v) is 3.70. The Bertz CT molecular complexity index is 613. The molecule has 0 N–H and O–H groups in total. The van der Waals surface area contributed by atoms with Crippen molar-refractivity contribution >= 4 is 17.5 Å². The second-order valence-electron chi connectivity index (χ2n) is 7.42. The molecule has 0 spiro atoms. The summed E-state index contributed by atoms with van der Waals surface area (Å²) >= 11 is 0. The molecule has 1 aromatic carbocycles. The molecule has 0 unspecified atom stereocenters. The number of hydrogen-bond donors (Lipinski definition) is 0. The zero-order valence-electron chi connectivity index (χ0n) is 15.9. The van der Waals surface area contributed by atoms with Gasteiger partial charge < -0.3 is 14.7 Å². The molecule has 1 atom stereocenters. The van der Waals surface area contributed by atoms with Crippen LogP contribution in [0.4, 0.5) is 5.69 Å². The molecule has 6 nitrogen and oxygen atoms in total. The number of likely N-dealkylation sites (N-methyl/N-ethyl adjacent to an activating group) is 1. The molecular formula is C20H30N4O2. The standard InChI is InChI=1S/C20H30N4O2/c1-17(22-12-10-21(2)11-13-22)8-9-19(25)23-14-15-24(20(26)16-23)18-6-4-3-5-7-18/h3-7,17H,8-16H2,1-2H3/t17-/m0/s1. The van der Waals surface area contributed by atoms with E-state index in [0.29, 0.717) is 25.6 Å². The third kappa shape index (κ3) is 4.62. The van der Waals surface area contributed by atoms with Crippen LogP contribution in [0.15, 0.2) is 30.3 Å². The van der Waals surface area contributed by atoms with Gasteiger partial charge in [0.25, 0.3) is 0 Å². The molecule has 0 saturated carbocycles. The number of piperazine rings is 2. The predicted molar refractivity (Wildman–Crippen MR) is 103 cm³/mol. The van der Waals surface area contributed by atoms with Crippen LogP contribution in [0.3, 0.4) is 0 Å². The average Bonchev–Trinajstić information content (AvgIpc) is 2.67. The Hall–Kier alpha value is -1.92. The second-order valence-corrected chi connectivity index (χ2v) is 7.42. The van der Waals surface area contributed by atoms with Crippen molar-refractivity contribution in [2.75, 3.05) is 57.8 Å². The molecule has 2 aliphatic heterocycles. The molecule has 142 valence electrons. The monoisotopic (exact) mass is 358 g/mol. The van der Waals surface area contributed by atoms with Gasteiger partial charge in [-0.2, -0.15) is 0 Å². The van der Waals surface area contributed by atoms with E-state index in [4.69, 9.17) is 0 Å². The van der Waals surface area contributed by atoms with E-state index in [-0.39, 0.29) is 18.4 Å². The molecule has 2 aliphatic rings. The fraction of sp³-hybridized carbons (Fsp3) is 0.600. The zero-order chi connectivity index (χ0) is 18.5. The number of benzene rings is 1. The van der Waals surface area contributed by atoms with Crippen LogP contribution in [-0.2, 0) is 9.59 Å². The summed E-state index contributed by atoms with van der Waals surface area (Å²) < 4.78 is 0. The molecule has 6 heteroatoms. The van der Waals surface area contributed by atoms with Crippen LogP contribution >= 0.6 is 0 Å². The van der Waals surface area contributed by atoms with Gasteiger partial charge in [0.05, 0.1) is 0 Å². The van der Waals surface area contributed by atoms with Crippen LogP contribution in [0.25, 0.3) is 0 Å². The van der Waals surface area contributed by atoms with Gasteiger partial charge in [-0.15, -0.1) is 0 Å². The van der Waals surface area contributed by atoms with Gasteiger partial charge in [-0.05, 0) is 32.5 Å². The first-order valence-corrected chi connectivity index (χ1v) is 9.60. The van der Waals surface area contributed by atoms with E-state index in [1.54, 1.807) is 9.80 Å². The van der Waals surface area contributed by atoms with Gasteiger partial charge in [0, 0.05) is 57.4 Å². The molecule has 26 heavy (non-hydrogen) atoms. The topological polar surface area (TPSA) is 47.1 Å². The molecule has 0 aliphatic carbocycles. The SMILES string of the molecule is C[C@@H](CCC(=O)N1CCN(c2ccccc2)C(=O)C1)N1CCN(C)CC1. The molecule has 0 radical (unpaired) electrons. The van der Waals surface area contributed by atoms with Crippen molar-refractivity contribution in [2.45, 2.75) is 25.8 Å². The number of amides is 2. The lowest BCUT2D eigenvalue weighted by Crippen LogP contribution is -2.52. The average molecular weight is 358 g/mol. The summed E-state index contributed by atoms with van der Waals surface area (Å²) in [6.45, 7) is 7.90. The van der Waals surface area contributed by atoms with Crippen LogP contribution in [-0.4, -0.2) is 85.4 Å². The third-order valence-corrected chi connectivity index (χ3v) is 5.58. The van der Waals surface area contributed by atoms with Gasteiger partial charge in [-0.25, -0.2) is 0 Å². The van der Waals surface area contributed by atoms with E-state index < -0.39 is 0 Å². The van der Waals surface area contributed by atoms with Gasteiger partial charge in [0.2, 0.25) is 11.8 Å². The van der Waals surface area contributed by atoms with Crippen LogP contribution in [0.1, 0.15) is 19.8 Å². The second kappa shape index (κ2) is 8.64. The van der Waals surface area contributed by atoms with Crippen molar-refractivity contribution in [3.05, 3.63) is 30.3 Å². The molecule has 2 heterocycles. The van der Waals surface area contributed by atoms with E-state index in [2.05, 4.69) is 23.8 Å². The van der Waals surface area contributed by atoms with Crippen LogP contribution in [0.5, 0.6) is 0 Å². The van der Waals surface area contributed by atoms with Crippen molar-refractivity contribution in [2.24, 2.45) is 0 Å². The molecule has 2 amide bonds. The summed E-state index contributed by atoms with van der Waals surface area (Å²) in [5, 5.41) is 0. The lowest BCUT2D eigenvalue weighted by Gasteiger charge is -2.37. The Balaban J connectivity index is 1.45. The zero-order valence-corrected chi connectivity index (χ0v) is 15.9. The Morgan fingerprint density at radius 2 is 1.73 bits per heavy atom. The van der Waals surface area contributed by atoms with Crippen LogP contribution < -0.4 is 4.90 Å². The minimum absolute atomic E-state index is 0.00270. The summed E-state index contributed by atoms with van der Waals surface area (Å²) in [6.07, 6.45) is 1.38. The maximum Gasteiger partial charge on any atom is 0.246 e. The highest BCUT2D eigenvalue weighted by Gasteiger charge is 2.28. The highest BCUT2D eigenvalue weighted by atomic mass is 16.2. The van der Waals surface area contributed by atoms with E-state index in [9.17, 15) is 9.59 Å². The predicted octanol–water partition coefficient (Wildman–Crippen LogP) is 1.28. The quantitative estimate of drug-likeness (QED) is 0.796. The summed E-state index contributed by atoms with van der Waals surface area (Å²) in [4.78, 5) is 33.3. The Kier molecular flexibility index (Phi) is 6.27. The number of carbonyl (C=O) groups is 2. The van der Waals surface area contributed by atoms with E-state index >= 15 is 0 Å². The Morgan fingerprint density at radius 3 is 2.38 bits per heavy atom. The highest BCUT2D eigenvalue weighted by molar-refractivity contribution is 5.97. The van der Waals surface area contributed by atoms with Gasteiger partial charge in [0.15, 0.2) is 0 Å². The fourth-order valence-electron chi connectivity index (χ4n) is 3.70. The van der Waals surface area contributed by atoms with Gasteiger partial charge in [-0.1, -0.05) is 18.2 Å². The summed E-state index contributed by atoms with van der Waals surface area (Å²) in [5.74, 6) is 0.106. The summed E-state index contributed by atoms with van der Waals surface area (Å²) in [5.41, 5.74) is 0.910. The van der Waals surface area contributed by atoms with Crippen molar-refractivity contribution < 1.29 is 9.59 Å². The normalized spacial score (nSPS) is 21.1. The number of nitrogens with zero attached hydrogens (tertiary/aromatic N) is 4. The Morgan fingerprint density at radius 1 is 1.04 bits per heavy atom. The number of anilines is 1. The molecular weight excluding hydrogens is 328 g/mol. The van der Waals surface area contributed by atoms with Crippen molar-refractivity contribution in [1.29, 1.82) is 0 Å². The molecule has 2 saturated heterocycles. The van der Waals surface area contributed by atoms with Crippen LogP contribution in [0, 0.1) is 0 Å². The first-order valence-electron chi connectivity index (χ1n) is 9.60. The molecule has 1 aromatic rings. The molecule has 0 bridgehead atoms. The van der Waals surface area contributed by atoms with Gasteiger partial charge in [0.1, 0.15) is 6.54 Å². The first kappa shape index (κ1) is 18.9. The van der Waals surface area contributed by atoms with E-state index in [1.807, 2.05) is 30.3 Å². The first-order chi connectivity index (χ1) is 12.5. The minimum Gasteiger partial charge on any atom is -0.332 e. The largest absolute Gasteiger partial charge is 0.332 e. The van der Waals surface area contributed by atoms with Gasteiger partial charge in [-0.3, -0.25) is 14.5 Å². The molecule has 0 aromatic heterocycles. The Labute approximate surface area is 156 Å². The molecule has 2 fully saturated rings. The van der Waals surface area contributed by atoms with E-state index in [1.165, 1.54) is 0 Å². The number of para-hydroxylation sites is 1. The number of hydrogen-bond acceptors (Lipinski definition) is 4. The smallest absolute Gasteiger partial charge is 0.246 e. The van der Waals surface area contributed by atoms with Gasteiger partial charge >= 0.3 is 0 Å². The summed E-state index contributed by atoms with van der Waals surface area (Å²) in [6, 6.07) is 10.1. The molecule has 3 rings (SSSR count). The lowest BCUT2D eigenvalue weighted by atomic mass is 10.1. The maximum absolute atomic E-state index is 12.6. The highest BCUT2D eigenvalue weighted by Crippen LogP contribution is 2.18. The van der Waals surface area contributed by atoms with Crippen molar-refractivity contribution in [1.82, 2.24) is 14.7 Å².